The Kier molecular flexibility index (Phi) is 2.73. The van der Waals surface area contributed by atoms with E-state index in [0.717, 1.165) is 19.3 Å². The lowest BCUT2D eigenvalue weighted by Crippen LogP contribution is -2.61. The fourth-order valence-corrected chi connectivity index (χ4v) is 6.29. The highest BCUT2D eigenvalue weighted by molar-refractivity contribution is 7.88. The normalized spacial score (nSPS) is 42.2. The van der Waals surface area contributed by atoms with Gasteiger partial charge in [0.25, 0.3) is 0 Å². The first kappa shape index (κ1) is 12.4. The Hall–Kier alpha value is -0.600. The average molecular weight is 268 g/mol. The van der Waals surface area contributed by atoms with E-state index in [1.165, 1.54) is 29.8 Å². The van der Waals surface area contributed by atoms with E-state index in [1.54, 1.807) is 0 Å². The van der Waals surface area contributed by atoms with Crippen LogP contribution in [0.25, 0.3) is 0 Å². The molecule has 4 fully saturated rings. The van der Waals surface area contributed by atoms with Crippen molar-refractivity contribution < 1.29 is 8.42 Å². The zero-order valence-corrected chi connectivity index (χ0v) is 11.6. The van der Waals surface area contributed by atoms with E-state index in [2.05, 4.69) is 0 Å². The molecule has 0 atom stereocenters. The van der Waals surface area contributed by atoms with Crippen molar-refractivity contribution in [3.63, 3.8) is 0 Å². The van der Waals surface area contributed by atoms with Crippen molar-refractivity contribution in [1.82, 2.24) is 4.31 Å². The highest BCUT2D eigenvalue weighted by atomic mass is 32.2. The summed E-state index contributed by atoms with van der Waals surface area (Å²) in [6, 6.07) is 2.05. The van der Waals surface area contributed by atoms with Gasteiger partial charge in [-0.25, -0.2) is 8.42 Å². The molecule has 4 aliphatic rings. The van der Waals surface area contributed by atoms with Crippen LogP contribution in [0.3, 0.4) is 0 Å². The minimum absolute atomic E-state index is 0.0188. The summed E-state index contributed by atoms with van der Waals surface area (Å²) in [5.41, 5.74) is -0.224. The van der Waals surface area contributed by atoms with Gasteiger partial charge in [0.1, 0.15) is 6.54 Å². The summed E-state index contributed by atoms with van der Waals surface area (Å²) in [7, 11) is -3.28. The van der Waals surface area contributed by atoms with Gasteiger partial charge in [-0.2, -0.15) is 9.57 Å². The topological polar surface area (TPSA) is 61.2 Å². The fourth-order valence-electron chi connectivity index (χ4n) is 5.07. The van der Waals surface area contributed by atoms with Crippen molar-refractivity contribution in [1.29, 1.82) is 5.26 Å². The Labute approximate surface area is 109 Å². The average Bonchev–Trinajstić information content (AvgIpc) is 2.22. The SMILES string of the molecule is CS(=O)(=O)N(CC#N)C12CC3CC(CC(C3)C1)C2. The van der Waals surface area contributed by atoms with Crippen LogP contribution in [0.2, 0.25) is 0 Å². The van der Waals surface area contributed by atoms with Crippen molar-refractivity contribution in [2.24, 2.45) is 17.8 Å². The monoisotopic (exact) mass is 268 g/mol. The Morgan fingerprint density at radius 1 is 1.17 bits per heavy atom. The highest BCUT2D eigenvalue weighted by Crippen LogP contribution is 2.58. The maximum atomic E-state index is 12.0. The van der Waals surface area contributed by atoms with E-state index in [9.17, 15) is 8.42 Å². The predicted octanol–water partition coefficient (Wildman–Crippen LogP) is 1.74. The van der Waals surface area contributed by atoms with Crippen molar-refractivity contribution in [2.75, 3.05) is 12.8 Å². The molecule has 0 aromatic carbocycles. The summed E-state index contributed by atoms with van der Waals surface area (Å²) in [5.74, 6) is 2.08. The number of nitriles is 1. The molecule has 4 rings (SSSR count). The van der Waals surface area contributed by atoms with Crippen LogP contribution in [0.15, 0.2) is 0 Å². The molecule has 0 heterocycles. The predicted molar refractivity (Wildman–Crippen MR) is 68.1 cm³/mol. The summed E-state index contributed by atoms with van der Waals surface area (Å²) < 4.78 is 25.5. The van der Waals surface area contributed by atoms with Crippen LogP contribution in [0.5, 0.6) is 0 Å². The Balaban J connectivity index is 1.96. The van der Waals surface area contributed by atoms with Crippen LogP contribution in [-0.2, 0) is 10.0 Å². The number of sulfonamides is 1. The second kappa shape index (κ2) is 3.94. The first-order valence-corrected chi connectivity index (χ1v) is 8.62. The van der Waals surface area contributed by atoms with E-state index in [4.69, 9.17) is 5.26 Å². The molecule has 0 unspecified atom stereocenters. The van der Waals surface area contributed by atoms with Crippen LogP contribution in [0, 0.1) is 29.1 Å². The molecular formula is C13H20N2O2S. The standard InChI is InChI=1S/C13H20N2O2S/c1-18(16,17)15(3-2-14)13-7-10-4-11(8-13)6-12(5-10)9-13/h10-12H,3-9H2,1H3. The second-order valence-electron chi connectivity index (χ2n) is 6.57. The molecule has 0 saturated heterocycles. The van der Waals surface area contributed by atoms with E-state index in [-0.39, 0.29) is 12.1 Å². The van der Waals surface area contributed by atoms with Crippen LogP contribution < -0.4 is 0 Å². The smallest absolute Gasteiger partial charge is 0.212 e. The Morgan fingerprint density at radius 3 is 1.94 bits per heavy atom. The highest BCUT2D eigenvalue weighted by Gasteiger charge is 2.55. The zero-order chi connectivity index (χ0) is 13.0. The van der Waals surface area contributed by atoms with Crippen LogP contribution in [-0.4, -0.2) is 31.1 Å². The van der Waals surface area contributed by atoms with Gasteiger partial charge in [0.15, 0.2) is 0 Å². The lowest BCUT2D eigenvalue weighted by Gasteiger charge is -2.59. The Morgan fingerprint density at radius 2 is 1.61 bits per heavy atom. The third-order valence-corrected chi connectivity index (χ3v) is 6.47. The third-order valence-electron chi connectivity index (χ3n) is 5.15. The summed E-state index contributed by atoms with van der Waals surface area (Å²) in [6.07, 6.45) is 8.04. The van der Waals surface area contributed by atoms with Gasteiger partial charge in [0.2, 0.25) is 10.0 Å². The maximum Gasteiger partial charge on any atom is 0.212 e. The molecule has 0 radical (unpaired) electrons. The molecule has 4 aliphatic carbocycles. The molecule has 0 aromatic heterocycles. The molecule has 0 N–H and O–H groups in total. The van der Waals surface area contributed by atoms with Crippen molar-refractivity contribution in [2.45, 2.75) is 44.1 Å². The Bertz CT molecular complexity index is 456. The van der Waals surface area contributed by atoms with Gasteiger partial charge in [-0.05, 0) is 56.3 Å². The minimum Gasteiger partial charge on any atom is -0.212 e. The van der Waals surface area contributed by atoms with Gasteiger partial charge in [-0.1, -0.05) is 0 Å². The van der Waals surface area contributed by atoms with Gasteiger partial charge in [0, 0.05) is 5.54 Å². The van der Waals surface area contributed by atoms with Gasteiger partial charge in [0.05, 0.1) is 12.3 Å². The molecule has 4 saturated carbocycles. The molecular weight excluding hydrogens is 248 g/mol. The van der Waals surface area contributed by atoms with Gasteiger partial charge < -0.3 is 0 Å². The molecule has 0 spiro atoms. The molecule has 100 valence electrons. The largest absolute Gasteiger partial charge is 0.212 e. The summed E-state index contributed by atoms with van der Waals surface area (Å²) in [4.78, 5) is 0. The van der Waals surface area contributed by atoms with Crippen LogP contribution >= 0.6 is 0 Å². The van der Waals surface area contributed by atoms with E-state index in [1.807, 2.05) is 6.07 Å². The summed E-state index contributed by atoms with van der Waals surface area (Å²) in [5, 5.41) is 8.95. The number of hydrogen-bond donors (Lipinski definition) is 0. The van der Waals surface area contributed by atoms with E-state index >= 15 is 0 Å². The molecule has 0 aliphatic heterocycles. The van der Waals surface area contributed by atoms with Crippen molar-refractivity contribution in [3.05, 3.63) is 0 Å². The molecule has 4 bridgehead atoms. The van der Waals surface area contributed by atoms with Gasteiger partial charge >= 0.3 is 0 Å². The summed E-state index contributed by atoms with van der Waals surface area (Å²) >= 11 is 0. The van der Waals surface area contributed by atoms with E-state index in [0.29, 0.717) is 17.8 Å². The first-order valence-electron chi connectivity index (χ1n) is 6.78. The zero-order valence-electron chi connectivity index (χ0n) is 10.8. The second-order valence-corrected chi connectivity index (χ2v) is 8.48. The first-order chi connectivity index (χ1) is 8.43. The third kappa shape index (κ3) is 1.86. The number of rotatable bonds is 3. The maximum absolute atomic E-state index is 12.0. The molecule has 5 heteroatoms. The molecule has 4 nitrogen and oxygen atoms in total. The van der Waals surface area contributed by atoms with E-state index < -0.39 is 10.0 Å². The summed E-state index contributed by atoms with van der Waals surface area (Å²) in [6.45, 7) is 0.0188. The quantitative estimate of drug-likeness (QED) is 0.732. The minimum atomic E-state index is -3.28. The fraction of sp³-hybridized carbons (Fsp3) is 0.923. The van der Waals surface area contributed by atoms with Crippen molar-refractivity contribution in [3.8, 4) is 6.07 Å². The van der Waals surface area contributed by atoms with Crippen LogP contribution in [0.1, 0.15) is 38.5 Å². The molecule has 0 amide bonds. The lowest BCUT2D eigenvalue weighted by molar-refractivity contribution is -0.0529. The number of nitrogens with zero attached hydrogens (tertiary/aromatic N) is 2. The lowest BCUT2D eigenvalue weighted by atomic mass is 9.53. The molecule has 0 aromatic rings. The number of hydrogen-bond acceptors (Lipinski definition) is 3. The van der Waals surface area contributed by atoms with Crippen molar-refractivity contribution >= 4 is 10.0 Å². The van der Waals surface area contributed by atoms with Crippen LogP contribution in [0.4, 0.5) is 0 Å². The van der Waals surface area contributed by atoms with Gasteiger partial charge in [-0.15, -0.1) is 0 Å². The van der Waals surface area contributed by atoms with Gasteiger partial charge in [-0.3, -0.25) is 0 Å². The molecule has 18 heavy (non-hydrogen) atoms.